The van der Waals surface area contributed by atoms with Crippen molar-refractivity contribution in [2.24, 2.45) is 13.0 Å². The van der Waals surface area contributed by atoms with E-state index >= 15 is 0 Å². The van der Waals surface area contributed by atoms with Crippen LogP contribution >= 0.6 is 24.0 Å². The van der Waals surface area contributed by atoms with Gasteiger partial charge in [0.2, 0.25) is 0 Å². The lowest BCUT2D eigenvalue weighted by atomic mass is 9.92. The minimum atomic E-state index is 0. The van der Waals surface area contributed by atoms with E-state index in [0.29, 0.717) is 5.92 Å². The second kappa shape index (κ2) is 7.57. The highest BCUT2D eigenvalue weighted by Gasteiger charge is 2.36. The third kappa shape index (κ3) is 3.53. The summed E-state index contributed by atoms with van der Waals surface area (Å²) in [7, 11) is 1.94. The van der Waals surface area contributed by atoms with Gasteiger partial charge in [-0.1, -0.05) is 0 Å². The number of hydrogen-bond acceptors (Lipinski definition) is 5. The standard InChI is InChI=1S/C18H25N5O.HI/c1-12-20-17-6-4-3-5-15(17)18(21-12)23-9-14(11-24)16(10-23)13-7-19-22(2)8-13;/h7-8,14,16,24H,3-6,9-11H2,1-2H3;1H/t14-,16-;/m0./s1. The van der Waals surface area contributed by atoms with Crippen LogP contribution in [0.25, 0.3) is 0 Å². The van der Waals surface area contributed by atoms with E-state index in [-0.39, 0.29) is 36.5 Å². The molecule has 1 saturated heterocycles. The molecule has 1 aliphatic heterocycles. The molecule has 2 aliphatic rings. The molecule has 1 fully saturated rings. The van der Waals surface area contributed by atoms with Crippen LogP contribution in [-0.2, 0) is 19.9 Å². The summed E-state index contributed by atoms with van der Waals surface area (Å²) in [5.41, 5.74) is 3.77. The molecule has 2 aromatic heterocycles. The molecule has 7 heteroatoms. The maximum atomic E-state index is 9.88. The average Bonchev–Trinajstić information content (AvgIpc) is 3.19. The number of aliphatic hydroxyl groups excluding tert-OH is 1. The number of aliphatic hydroxyl groups is 1. The van der Waals surface area contributed by atoms with Crippen molar-refractivity contribution >= 4 is 29.8 Å². The van der Waals surface area contributed by atoms with E-state index in [0.717, 1.165) is 37.6 Å². The van der Waals surface area contributed by atoms with Crippen molar-refractivity contribution in [2.75, 3.05) is 24.6 Å². The summed E-state index contributed by atoms with van der Waals surface area (Å²) >= 11 is 0. The molecule has 136 valence electrons. The van der Waals surface area contributed by atoms with Crippen LogP contribution in [0.1, 0.15) is 41.4 Å². The van der Waals surface area contributed by atoms with Crippen LogP contribution in [0.4, 0.5) is 5.82 Å². The van der Waals surface area contributed by atoms with Crippen molar-refractivity contribution < 1.29 is 5.11 Å². The molecular formula is C18H26IN5O. The Morgan fingerprint density at radius 3 is 2.72 bits per heavy atom. The van der Waals surface area contributed by atoms with Crippen molar-refractivity contribution in [1.82, 2.24) is 19.7 Å². The van der Waals surface area contributed by atoms with Crippen LogP contribution in [0, 0.1) is 12.8 Å². The molecule has 0 radical (unpaired) electrons. The summed E-state index contributed by atoms with van der Waals surface area (Å²) in [6, 6.07) is 0. The summed E-state index contributed by atoms with van der Waals surface area (Å²) in [5, 5.41) is 14.2. The molecule has 1 aliphatic carbocycles. The fraction of sp³-hybridized carbons (Fsp3) is 0.611. The SMILES string of the molecule is Cc1nc2c(c(N3C[C@@H](CO)[C@H](c4cnn(C)c4)C3)n1)CCCC2.I. The van der Waals surface area contributed by atoms with Gasteiger partial charge >= 0.3 is 0 Å². The van der Waals surface area contributed by atoms with Crippen molar-refractivity contribution in [2.45, 2.75) is 38.5 Å². The van der Waals surface area contributed by atoms with E-state index in [1.807, 2.05) is 24.9 Å². The first kappa shape index (κ1) is 18.6. The normalized spacial score (nSPS) is 22.6. The van der Waals surface area contributed by atoms with Gasteiger partial charge in [-0.15, -0.1) is 24.0 Å². The smallest absolute Gasteiger partial charge is 0.135 e. The Balaban J connectivity index is 0.00000182. The summed E-state index contributed by atoms with van der Waals surface area (Å²) in [6.45, 7) is 3.91. The summed E-state index contributed by atoms with van der Waals surface area (Å²) in [6.07, 6.45) is 8.57. The zero-order valence-electron chi connectivity index (χ0n) is 14.9. The number of anilines is 1. The second-order valence-electron chi connectivity index (χ2n) is 7.13. The molecule has 2 atom stereocenters. The average molecular weight is 455 g/mol. The van der Waals surface area contributed by atoms with Crippen LogP contribution in [0.2, 0.25) is 0 Å². The zero-order valence-corrected chi connectivity index (χ0v) is 17.2. The van der Waals surface area contributed by atoms with Gasteiger partial charge in [-0.2, -0.15) is 5.10 Å². The number of aryl methyl sites for hydroxylation is 3. The number of aromatic nitrogens is 4. The molecule has 0 aromatic carbocycles. The molecule has 0 unspecified atom stereocenters. The van der Waals surface area contributed by atoms with Gasteiger partial charge < -0.3 is 10.0 Å². The van der Waals surface area contributed by atoms with Crippen molar-refractivity contribution in [3.05, 3.63) is 35.0 Å². The van der Waals surface area contributed by atoms with E-state index in [9.17, 15) is 5.11 Å². The monoisotopic (exact) mass is 455 g/mol. The molecule has 6 nitrogen and oxygen atoms in total. The number of hydrogen-bond donors (Lipinski definition) is 1. The Hall–Kier alpha value is -1.22. The predicted molar refractivity (Wildman–Crippen MR) is 108 cm³/mol. The Morgan fingerprint density at radius 2 is 2.00 bits per heavy atom. The van der Waals surface area contributed by atoms with E-state index in [1.165, 1.54) is 29.7 Å². The van der Waals surface area contributed by atoms with Gasteiger partial charge in [-0.3, -0.25) is 4.68 Å². The number of fused-ring (bicyclic) bond motifs is 1. The van der Waals surface area contributed by atoms with Gasteiger partial charge in [-0.05, 0) is 38.2 Å². The topological polar surface area (TPSA) is 67.1 Å². The molecule has 0 bridgehead atoms. The maximum Gasteiger partial charge on any atom is 0.135 e. The van der Waals surface area contributed by atoms with Crippen LogP contribution < -0.4 is 4.90 Å². The number of nitrogens with zero attached hydrogens (tertiary/aromatic N) is 5. The molecule has 25 heavy (non-hydrogen) atoms. The molecule has 1 N–H and O–H groups in total. The van der Waals surface area contributed by atoms with E-state index in [1.54, 1.807) is 0 Å². The number of rotatable bonds is 3. The van der Waals surface area contributed by atoms with Crippen LogP contribution in [-0.4, -0.2) is 44.6 Å². The molecule has 0 spiro atoms. The Labute approximate surface area is 165 Å². The Bertz CT molecular complexity index is 747. The van der Waals surface area contributed by atoms with Crippen molar-refractivity contribution in [3.8, 4) is 0 Å². The minimum absolute atomic E-state index is 0. The fourth-order valence-corrected chi connectivity index (χ4v) is 4.19. The van der Waals surface area contributed by atoms with Crippen LogP contribution in [0.5, 0.6) is 0 Å². The quantitative estimate of drug-likeness (QED) is 0.720. The van der Waals surface area contributed by atoms with Gasteiger partial charge in [-0.25, -0.2) is 9.97 Å². The molecular weight excluding hydrogens is 429 g/mol. The molecule has 4 rings (SSSR count). The lowest BCUT2D eigenvalue weighted by Crippen LogP contribution is -2.25. The van der Waals surface area contributed by atoms with Crippen LogP contribution in [0.15, 0.2) is 12.4 Å². The van der Waals surface area contributed by atoms with Crippen molar-refractivity contribution in [3.63, 3.8) is 0 Å². The highest BCUT2D eigenvalue weighted by molar-refractivity contribution is 14.0. The lowest BCUT2D eigenvalue weighted by Gasteiger charge is -2.25. The largest absolute Gasteiger partial charge is 0.396 e. The van der Waals surface area contributed by atoms with Gasteiger partial charge in [0.05, 0.1) is 6.20 Å². The third-order valence-electron chi connectivity index (χ3n) is 5.40. The van der Waals surface area contributed by atoms with Gasteiger partial charge in [0, 0.05) is 56.0 Å². The Kier molecular flexibility index (Phi) is 5.62. The Morgan fingerprint density at radius 1 is 1.20 bits per heavy atom. The molecule has 0 saturated carbocycles. The van der Waals surface area contributed by atoms with E-state index in [2.05, 4.69) is 21.2 Å². The summed E-state index contributed by atoms with van der Waals surface area (Å²) in [4.78, 5) is 11.8. The summed E-state index contributed by atoms with van der Waals surface area (Å²) < 4.78 is 1.84. The lowest BCUT2D eigenvalue weighted by molar-refractivity contribution is 0.227. The third-order valence-corrected chi connectivity index (χ3v) is 5.40. The zero-order chi connectivity index (χ0) is 16.7. The summed E-state index contributed by atoms with van der Waals surface area (Å²) in [5.74, 6) is 2.49. The van der Waals surface area contributed by atoms with Crippen molar-refractivity contribution in [1.29, 1.82) is 0 Å². The maximum absolute atomic E-state index is 9.88. The van der Waals surface area contributed by atoms with Gasteiger partial charge in [0.25, 0.3) is 0 Å². The first-order valence-electron chi connectivity index (χ1n) is 8.86. The number of halogens is 1. The highest BCUT2D eigenvalue weighted by Crippen LogP contribution is 2.37. The predicted octanol–water partition coefficient (Wildman–Crippen LogP) is 2.23. The fourth-order valence-electron chi connectivity index (χ4n) is 4.19. The molecule has 0 amide bonds. The molecule has 3 heterocycles. The van der Waals surface area contributed by atoms with Gasteiger partial charge in [0.1, 0.15) is 11.6 Å². The molecule has 2 aromatic rings. The first-order valence-corrected chi connectivity index (χ1v) is 8.86. The highest BCUT2D eigenvalue weighted by atomic mass is 127. The van der Waals surface area contributed by atoms with E-state index in [4.69, 9.17) is 4.98 Å². The van der Waals surface area contributed by atoms with Gasteiger partial charge in [0.15, 0.2) is 0 Å². The van der Waals surface area contributed by atoms with Crippen LogP contribution in [0.3, 0.4) is 0 Å². The second-order valence-corrected chi connectivity index (χ2v) is 7.13. The first-order chi connectivity index (χ1) is 11.7. The minimum Gasteiger partial charge on any atom is -0.396 e. The van der Waals surface area contributed by atoms with E-state index < -0.39 is 0 Å².